The normalized spacial score (nSPS) is 22.2. The van der Waals surface area contributed by atoms with E-state index in [4.69, 9.17) is 18.9 Å². The van der Waals surface area contributed by atoms with Gasteiger partial charge in [-0.15, -0.1) is 0 Å². The van der Waals surface area contributed by atoms with Gasteiger partial charge in [-0.05, 0) is 83.6 Å². The first kappa shape index (κ1) is 82.4. The van der Waals surface area contributed by atoms with E-state index in [9.17, 15) is 87.6 Å². The van der Waals surface area contributed by atoms with E-state index in [0.29, 0.717) is 0 Å². The minimum Gasteiger partial charge on any atom is -0.544 e. The van der Waals surface area contributed by atoms with E-state index in [1.54, 1.807) is 48.5 Å². The SMILES string of the molecule is CC(=O)N[C@H]1[C@H]([C@H](O)[C@H](O)CNC(=O)c2ccc(-c3ccccc3)cc2)O[C@@](OCCCS(=O)CCNC(=O)c2ccc(C(=O)NCCS(=O)CCCO[C@]3(C(=O)[O-])C[C@H](O)[C@@H](NC(C)=O)[C@H]([C@H](O)[C@H](O)CNC(=O)c4ccc(-c5ccccc5)cc4)O3)cc2)(C(=O)[O-])C[C@@H]1O.[Na+].[Na+]. The van der Waals surface area contributed by atoms with Gasteiger partial charge in [-0.1, -0.05) is 84.9 Å². The molecular formula is C66H78N6Na2O22S2. The quantitative estimate of drug-likeness (QED) is 0.0134. The molecule has 28 nitrogen and oxygen atoms in total. The van der Waals surface area contributed by atoms with Gasteiger partial charge in [0.25, 0.3) is 23.6 Å². The molecule has 0 saturated carbocycles. The maximum absolute atomic E-state index is 13.0. The molecule has 5 aromatic rings. The van der Waals surface area contributed by atoms with Crippen molar-refractivity contribution in [2.45, 2.75) is 112 Å². The molecule has 2 saturated heterocycles. The predicted octanol–water partition coefficient (Wildman–Crippen LogP) is -8.70. The van der Waals surface area contributed by atoms with Gasteiger partial charge >= 0.3 is 59.1 Å². The number of aliphatic hydroxyl groups is 6. The zero-order chi connectivity index (χ0) is 69.7. The number of hydrogen-bond acceptors (Lipinski definition) is 22. The van der Waals surface area contributed by atoms with E-state index >= 15 is 0 Å². The zero-order valence-electron chi connectivity index (χ0n) is 54.4. The van der Waals surface area contributed by atoms with Gasteiger partial charge < -0.3 is 101 Å². The first-order valence-corrected chi connectivity index (χ1v) is 33.7. The largest absolute Gasteiger partial charge is 1.00 e. The van der Waals surface area contributed by atoms with Gasteiger partial charge in [0.1, 0.15) is 36.4 Å². The van der Waals surface area contributed by atoms with Gasteiger partial charge in [0.15, 0.2) is 0 Å². The average molecular weight is 1420 g/mol. The summed E-state index contributed by atoms with van der Waals surface area (Å²) in [5.41, 5.74) is 4.30. The fourth-order valence-electron chi connectivity index (χ4n) is 10.7. The summed E-state index contributed by atoms with van der Waals surface area (Å²) < 4.78 is 48.5. The van der Waals surface area contributed by atoms with Crippen molar-refractivity contribution in [2.75, 3.05) is 62.4 Å². The van der Waals surface area contributed by atoms with E-state index in [-0.39, 0.29) is 130 Å². The average Bonchev–Trinajstić information content (AvgIpc) is 0.775. The summed E-state index contributed by atoms with van der Waals surface area (Å²) in [5, 5.41) is 107. The summed E-state index contributed by atoms with van der Waals surface area (Å²) >= 11 is 0. The number of carbonyl (C=O) groups excluding carboxylic acids is 8. The molecule has 2 aliphatic rings. The monoisotopic (exact) mass is 1420 g/mol. The number of carbonyl (C=O) groups is 8. The number of aliphatic carboxylic acids is 2. The summed E-state index contributed by atoms with van der Waals surface area (Å²) in [6.45, 7) is 0.100. The van der Waals surface area contributed by atoms with Gasteiger partial charge in [-0.2, -0.15) is 0 Å². The Morgan fingerprint density at radius 1 is 0.480 bits per heavy atom. The van der Waals surface area contributed by atoms with Crippen LogP contribution in [-0.2, 0) is 59.7 Å². The number of rotatable bonds is 34. The summed E-state index contributed by atoms with van der Waals surface area (Å²) in [4.78, 5) is 101. The van der Waals surface area contributed by atoms with Crippen LogP contribution in [0.2, 0.25) is 0 Å². The Balaban J connectivity index is 0.00000867. The van der Waals surface area contributed by atoms with Crippen molar-refractivity contribution in [3.63, 3.8) is 0 Å². The van der Waals surface area contributed by atoms with Crippen LogP contribution in [-0.4, -0.2) is 221 Å². The summed E-state index contributed by atoms with van der Waals surface area (Å²) in [7, 11) is -3.18. The van der Waals surface area contributed by atoms with E-state index < -0.39 is 181 Å². The molecule has 0 bridgehead atoms. The van der Waals surface area contributed by atoms with Crippen molar-refractivity contribution in [3.05, 3.63) is 156 Å². The first-order chi connectivity index (χ1) is 45.8. The molecule has 12 N–H and O–H groups in total. The molecule has 14 atom stereocenters. The Kier molecular flexibility index (Phi) is 33.4. The Labute approximate surface area is 614 Å². The van der Waals surface area contributed by atoms with Crippen LogP contribution < -0.4 is 101 Å². The van der Waals surface area contributed by atoms with Gasteiger partial charge in [0.05, 0.1) is 49.7 Å². The van der Waals surface area contributed by atoms with E-state index in [1.165, 1.54) is 24.3 Å². The van der Waals surface area contributed by atoms with Crippen LogP contribution in [0.3, 0.4) is 0 Å². The molecular weight excluding hydrogens is 1340 g/mol. The number of ether oxygens (including phenoxy) is 4. The van der Waals surface area contributed by atoms with Crippen molar-refractivity contribution in [3.8, 4) is 22.3 Å². The molecule has 518 valence electrons. The molecule has 2 unspecified atom stereocenters. The van der Waals surface area contributed by atoms with Crippen LogP contribution in [0.15, 0.2) is 133 Å². The second kappa shape index (κ2) is 39.7. The van der Waals surface area contributed by atoms with Gasteiger partial charge in [-0.25, -0.2) is 0 Å². The molecule has 0 radical (unpaired) electrons. The first-order valence-electron chi connectivity index (χ1n) is 30.7. The van der Waals surface area contributed by atoms with Crippen LogP contribution in [0.25, 0.3) is 22.3 Å². The number of aliphatic hydroxyl groups excluding tert-OH is 6. The molecule has 2 fully saturated rings. The minimum atomic E-state index is -2.72. The van der Waals surface area contributed by atoms with Crippen LogP contribution in [0.1, 0.15) is 81.0 Å². The number of carboxylic acids is 2. The molecule has 5 aromatic carbocycles. The van der Waals surface area contributed by atoms with Gasteiger partial charge in [-0.3, -0.25) is 37.2 Å². The Hall–Kier alpha value is -6.24. The van der Waals surface area contributed by atoms with Crippen molar-refractivity contribution in [1.29, 1.82) is 0 Å². The summed E-state index contributed by atoms with van der Waals surface area (Å²) in [5.74, 6) is -13.3. The maximum Gasteiger partial charge on any atom is 1.00 e. The molecule has 0 aromatic heterocycles. The second-order valence-corrected chi connectivity index (χ2v) is 26.2. The number of nitrogens with one attached hydrogen (secondary N) is 6. The molecule has 0 spiro atoms. The van der Waals surface area contributed by atoms with Crippen LogP contribution in [0, 0.1) is 0 Å². The number of amides is 6. The van der Waals surface area contributed by atoms with E-state index in [2.05, 4.69) is 31.9 Å². The Morgan fingerprint density at radius 2 is 0.776 bits per heavy atom. The van der Waals surface area contributed by atoms with Crippen LogP contribution in [0.5, 0.6) is 0 Å². The third-order valence-corrected chi connectivity index (χ3v) is 18.6. The standard InChI is InChI=1S/C66H80N6O22S2.2Na/c1-39(73)71-53-49(75)35-65(63(85)86,93-57(53)55(79)51(77)37-69-61(83)47-19-15-43(16-20-47)41-11-5-3-6-12-41)91-29-9-31-95(89)33-27-67-59(81)45-23-25-46(26-24-45)60(82)68-28-34-96(90)32-10-30-92-66(64(87)88)36-50(76)54(72-40(2)74)58(94-66)56(80)52(78)38-70-62(84)48-21-17-44(18-22-48)42-13-7-4-8-14-42;;/h3-8,11-26,49-58,75-80H,9-10,27-38H2,1-2H3,(H,67,81)(H,68,82)(H,69,83)(H,70,84)(H,71,73)(H,72,74)(H,85,86)(H,87,88);;/q;2*+1/p-2/t49-,50-,51+,52+,53+,54+,55+,56+,57+,58+,65+,66+,95?,96?;;/m0../s1. The number of carboxylic acid groups (broad SMARTS) is 2. The van der Waals surface area contributed by atoms with Crippen molar-refractivity contribution in [2.24, 2.45) is 0 Å². The summed E-state index contributed by atoms with van der Waals surface area (Å²) in [6.07, 6.45) is -16.4. The minimum absolute atomic E-state index is 0. The molecule has 2 aliphatic heterocycles. The Morgan fingerprint density at radius 3 is 1.08 bits per heavy atom. The van der Waals surface area contributed by atoms with Crippen LogP contribution in [0.4, 0.5) is 0 Å². The van der Waals surface area contributed by atoms with Crippen molar-refractivity contribution >= 4 is 69.0 Å². The molecule has 0 aliphatic carbocycles. The Bertz CT molecular complexity index is 3290. The van der Waals surface area contributed by atoms with Gasteiger partial charge in [0, 0.05) is 120 Å². The van der Waals surface area contributed by atoms with E-state index in [0.717, 1.165) is 36.1 Å². The third-order valence-electron chi connectivity index (χ3n) is 15.8. The molecule has 2 heterocycles. The second-order valence-electron chi connectivity index (χ2n) is 22.9. The predicted molar refractivity (Wildman–Crippen MR) is 342 cm³/mol. The summed E-state index contributed by atoms with van der Waals surface area (Å²) in [6, 6.07) is 34.5. The fraction of sp³-hybridized carbons (Fsp3) is 0.424. The van der Waals surface area contributed by atoms with Crippen LogP contribution >= 0.6 is 0 Å². The fourth-order valence-corrected chi connectivity index (χ4v) is 12.6. The third kappa shape index (κ3) is 23.4. The topological polar surface area (TPSA) is 447 Å². The van der Waals surface area contributed by atoms with Gasteiger partial charge in [0.2, 0.25) is 23.4 Å². The maximum atomic E-state index is 13.0. The molecule has 98 heavy (non-hydrogen) atoms. The number of hydrogen-bond donors (Lipinski definition) is 12. The molecule has 7 rings (SSSR count). The zero-order valence-corrected chi connectivity index (χ0v) is 60.0. The smallest absolute Gasteiger partial charge is 0.544 e. The van der Waals surface area contributed by atoms with Crippen molar-refractivity contribution < 1.29 is 166 Å². The molecule has 6 amide bonds. The van der Waals surface area contributed by atoms with Crippen molar-refractivity contribution in [1.82, 2.24) is 31.9 Å². The molecule has 32 heteroatoms. The number of benzene rings is 5. The van der Waals surface area contributed by atoms with E-state index in [1.807, 2.05) is 60.7 Å².